The van der Waals surface area contributed by atoms with Crippen molar-refractivity contribution in [2.24, 2.45) is 23.7 Å². The molecule has 20 heavy (non-hydrogen) atoms. The first-order chi connectivity index (χ1) is 9.62. The van der Waals surface area contributed by atoms with E-state index in [9.17, 15) is 8.42 Å². The number of rotatable bonds is 3. The van der Waals surface area contributed by atoms with Gasteiger partial charge in [0.2, 0.25) is 0 Å². The van der Waals surface area contributed by atoms with Gasteiger partial charge in [-0.15, -0.1) is 0 Å². The summed E-state index contributed by atoms with van der Waals surface area (Å²) in [7, 11) is -3.50. The van der Waals surface area contributed by atoms with Crippen LogP contribution < -0.4 is 4.18 Å². The number of para-hydroxylation sites is 1. The molecule has 1 aromatic carbocycles. The summed E-state index contributed by atoms with van der Waals surface area (Å²) in [5.74, 6) is 2.67. The Hall–Kier alpha value is -1.03. The van der Waals surface area contributed by atoms with Crippen LogP contribution in [0.25, 0.3) is 0 Å². The van der Waals surface area contributed by atoms with Gasteiger partial charge in [-0.2, -0.15) is 8.42 Å². The molecule has 0 aliphatic heterocycles. The molecule has 0 radical (unpaired) electrons. The lowest BCUT2D eigenvalue weighted by Crippen LogP contribution is -2.52. The van der Waals surface area contributed by atoms with Crippen LogP contribution in [0.1, 0.15) is 32.1 Å². The Labute approximate surface area is 120 Å². The van der Waals surface area contributed by atoms with Crippen molar-refractivity contribution in [2.45, 2.75) is 37.4 Å². The van der Waals surface area contributed by atoms with E-state index in [1.807, 2.05) is 18.2 Å². The van der Waals surface area contributed by atoms with Crippen molar-refractivity contribution >= 4 is 10.1 Å². The third-order valence-electron chi connectivity index (χ3n) is 5.43. The molecule has 4 bridgehead atoms. The molecule has 0 N–H and O–H groups in total. The van der Waals surface area contributed by atoms with Gasteiger partial charge in [-0.3, -0.25) is 0 Å². The average Bonchev–Trinajstić information content (AvgIpc) is 2.37. The molecule has 0 amide bonds. The summed E-state index contributed by atoms with van der Waals surface area (Å²) in [4.78, 5) is 0. The standard InChI is InChI=1S/C16H20O3S/c17-20(18,19-15-4-2-1-3-5-15)16-13-7-11-6-12(9-13)10-14(16)8-11/h1-5,11-14,16H,6-10H2. The van der Waals surface area contributed by atoms with Gasteiger partial charge in [-0.1, -0.05) is 18.2 Å². The minimum atomic E-state index is -3.50. The van der Waals surface area contributed by atoms with E-state index in [2.05, 4.69) is 0 Å². The molecule has 0 unspecified atom stereocenters. The predicted molar refractivity (Wildman–Crippen MR) is 76.8 cm³/mol. The van der Waals surface area contributed by atoms with Crippen LogP contribution in [-0.2, 0) is 10.1 Å². The monoisotopic (exact) mass is 292 g/mol. The van der Waals surface area contributed by atoms with Crippen molar-refractivity contribution < 1.29 is 12.6 Å². The summed E-state index contributed by atoms with van der Waals surface area (Å²) in [5.41, 5.74) is 0. The molecule has 4 aliphatic carbocycles. The van der Waals surface area contributed by atoms with Crippen LogP contribution in [0.15, 0.2) is 30.3 Å². The fraction of sp³-hybridized carbons (Fsp3) is 0.625. The Morgan fingerprint density at radius 2 is 1.40 bits per heavy atom. The van der Waals surface area contributed by atoms with Gasteiger partial charge < -0.3 is 4.18 Å². The number of benzene rings is 1. The summed E-state index contributed by atoms with van der Waals surface area (Å²) in [6.07, 6.45) is 5.70. The van der Waals surface area contributed by atoms with Crippen molar-refractivity contribution in [3.63, 3.8) is 0 Å². The summed E-state index contributed by atoms with van der Waals surface area (Å²) in [5, 5.41) is -0.268. The smallest absolute Gasteiger partial charge is 0.312 e. The van der Waals surface area contributed by atoms with Gasteiger partial charge in [-0.05, 0) is 67.9 Å². The van der Waals surface area contributed by atoms with Crippen molar-refractivity contribution in [2.75, 3.05) is 0 Å². The van der Waals surface area contributed by atoms with Gasteiger partial charge in [0, 0.05) is 0 Å². The third-order valence-corrected chi connectivity index (χ3v) is 7.29. The van der Waals surface area contributed by atoms with E-state index in [0.717, 1.165) is 37.5 Å². The zero-order valence-corrected chi connectivity index (χ0v) is 12.3. The minimum absolute atomic E-state index is 0.268. The molecule has 4 saturated carbocycles. The quantitative estimate of drug-likeness (QED) is 0.803. The highest BCUT2D eigenvalue weighted by Crippen LogP contribution is 2.55. The van der Waals surface area contributed by atoms with Gasteiger partial charge >= 0.3 is 10.1 Å². The highest BCUT2D eigenvalue weighted by molar-refractivity contribution is 7.87. The SMILES string of the molecule is O=S(=O)(Oc1ccccc1)C1C2CC3CC(C2)CC1C3. The van der Waals surface area contributed by atoms with Gasteiger partial charge in [0.15, 0.2) is 0 Å². The van der Waals surface area contributed by atoms with E-state index in [-0.39, 0.29) is 5.25 Å². The summed E-state index contributed by atoms with van der Waals surface area (Å²) in [6, 6.07) is 8.91. The molecule has 4 aliphatic rings. The first-order valence-corrected chi connectivity index (χ1v) is 9.07. The Kier molecular flexibility index (Phi) is 2.85. The van der Waals surface area contributed by atoms with Crippen molar-refractivity contribution in [3.8, 4) is 5.75 Å². The van der Waals surface area contributed by atoms with Gasteiger partial charge in [0.1, 0.15) is 11.0 Å². The Morgan fingerprint density at radius 1 is 0.850 bits per heavy atom. The largest absolute Gasteiger partial charge is 0.382 e. The Morgan fingerprint density at radius 3 is 1.95 bits per heavy atom. The first-order valence-electron chi connectivity index (χ1n) is 7.60. The molecule has 0 atom stereocenters. The maximum absolute atomic E-state index is 12.7. The zero-order chi connectivity index (χ0) is 13.7. The predicted octanol–water partition coefficient (Wildman–Crippen LogP) is 3.22. The van der Waals surface area contributed by atoms with Crippen molar-refractivity contribution in [1.82, 2.24) is 0 Å². The van der Waals surface area contributed by atoms with Crippen LogP contribution in [0.2, 0.25) is 0 Å². The highest BCUT2D eigenvalue weighted by Gasteiger charge is 2.53. The van der Waals surface area contributed by atoms with E-state index in [4.69, 9.17) is 4.18 Å². The van der Waals surface area contributed by atoms with Gasteiger partial charge in [0.05, 0.1) is 0 Å². The van der Waals surface area contributed by atoms with Crippen molar-refractivity contribution in [1.29, 1.82) is 0 Å². The fourth-order valence-corrected chi connectivity index (χ4v) is 6.89. The summed E-state index contributed by atoms with van der Waals surface area (Å²) >= 11 is 0. The lowest BCUT2D eigenvalue weighted by molar-refractivity contribution is 0.0217. The maximum Gasteiger partial charge on any atom is 0.312 e. The van der Waals surface area contributed by atoms with Crippen LogP contribution in [0.5, 0.6) is 5.75 Å². The van der Waals surface area contributed by atoms with Crippen LogP contribution in [-0.4, -0.2) is 13.7 Å². The van der Waals surface area contributed by atoms with E-state index in [1.54, 1.807) is 12.1 Å². The molecule has 0 saturated heterocycles. The minimum Gasteiger partial charge on any atom is -0.382 e. The molecule has 3 nitrogen and oxygen atoms in total. The van der Waals surface area contributed by atoms with Gasteiger partial charge in [-0.25, -0.2) is 0 Å². The summed E-state index contributed by atoms with van der Waals surface area (Å²) < 4.78 is 30.7. The second kappa shape index (κ2) is 4.48. The Balaban J connectivity index is 1.60. The number of hydrogen-bond acceptors (Lipinski definition) is 3. The molecule has 0 aromatic heterocycles. The maximum atomic E-state index is 12.7. The van der Waals surface area contributed by atoms with Crippen molar-refractivity contribution in [3.05, 3.63) is 30.3 Å². The first kappa shape index (κ1) is 12.7. The van der Waals surface area contributed by atoms with Crippen LogP contribution in [0.3, 0.4) is 0 Å². The highest BCUT2D eigenvalue weighted by atomic mass is 32.2. The summed E-state index contributed by atoms with van der Waals surface area (Å²) in [6.45, 7) is 0. The van der Waals surface area contributed by atoms with Crippen LogP contribution >= 0.6 is 0 Å². The fourth-order valence-electron chi connectivity index (χ4n) is 5.01. The second-order valence-corrected chi connectivity index (χ2v) is 8.48. The van der Waals surface area contributed by atoms with Gasteiger partial charge in [0.25, 0.3) is 0 Å². The van der Waals surface area contributed by atoms with E-state index >= 15 is 0 Å². The molecule has 0 spiro atoms. The van der Waals surface area contributed by atoms with Crippen LogP contribution in [0.4, 0.5) is 0 Å². The lowest BCUT2D eigenvalue weighted by atomic mass is 9.56. The normalized spacial score (nSPS) is 38.9. The molecular weight excluding hydrogens is 272 g/mol. The number of hydrogen-bond donors (Lipinski definition) is 0. The topological polar surface area (TPSA) is 43.4 Å². The van der Waals surface area contributed by atoms with E-state index < -0.39 is 10.1 Å². The molecule has 4 fully saturated rings. The average molecular weight is 292 g/mol. The molecule has 4 heteroatoms. The molecule has 108 valence electrons. The molecular formula is C16H20O3S. The lowest BCUT2D eigenvalue weighted by Gasteiger charge is -2.53. The van der Waals surface area contributed by atoms with E-state index in [1.165, 1.54) is 6.42 Å². The van der Waals surface area contributed by atoms with Crippen LogP contribution in [0, 0.1) is 23.7 Å². The molecule has 1 aromatic rings. The van der Waals surface area contributed by atoms with E-state index in [0.29, 0.717) is 17.6 Å². The zero-order valence-electron chi connectivity index (χ0n) is 11.4. The third kappa shape index (κ3) is 2.05. The second-order valence-electron chi connectivity index (χ2n) is 6.78. The Bertz CT molecular complexity index is 565. The molecule has 5 rings (SSSR count). The molecule has 0 heterocycles.